The number of amides is 1. The van der Waals surface area contributed by atoms with E-state index in [1.807, 2.05) is 30.0 Å². The predicted molar refractivity (Wildman–Crippen MR) is 81.2 cm³/mol. The molecule has 1 fully saturated rings. The molecule has 1 N–H and O–H groups in total. The van der Waals surface area contributed by atoms with Crippen LogP contribution in [0.4, 0.5) is 0 Å². The van der Waals surface area contributed by atoms with Crippen molar-refractivity contribution >= 4 is 12.0 Å². The second-order valence-corrected chi connectivity index (χ2v) is 5.66. The molecule has 0 unspecified atom stereocenters. The molecule has 1 aliphatic heterocycles. The predicted octanol–water partition coefficient (Wildman–Crippen LogP) is 2.63. The van der Waals surface area contributed by atoms with Crippen LogP contribution < -0.4 is 0 Å². The highest BCUT2D eigenvalue weighted by molar-refractivity contribution is 5.97. The lowest BCUT2D eigenvalue weighted by atomic mass is 9.97. The van der Waals surface area contributed by atoms with Gasteiger partial charge in [-0.1, -0.05) is 29.8 Å². The number of aliphatic hydroxyl groups is 1. The molecule has 0 bridgehead atoms. The number of carbonyl (C=O) groups is 1. The molecule has 3 heteroatoms. The Morgan fingerprint density at radius 2 is 1.90 bits per heavy atom. The Morgan fingerprint density at radius 1 is 1.30 bits per heavy atom. The SMILES string of the molecule is C/C(=C/c1ccc(C)cc1)C(=O)N1CCC(CO)CC1. The number of aliphatic hydroxyl groups excluding tert-OH is 1. The Bertz CT molecular complexity index is 482. The molecule has 0 aliphatic carbocycles. The van der Waals surface area contributed by atoms with Crippen molar-refractivity contribution in [1.82, 2.24) is 4.90 Å². The lowest BCUT2D eigenvalue weighted by Crippen LogP contribution is -2.39. The fourth-order valence-electron chi connectivity index (χ4n) is 2.54. The maximum Gasteiger partial charge on any atom is 0.249 e. The third kappa shape index (κ3) is 3.70. The quantitative estimate of drug-likeness (QED) is 0.860. The average Bonchev–Trinajstić information content (AvgIpc) is 2.49. The third-order valence-corrected chi connectivity index (χ3v) is 3.96. The molecular weight excluding hydrogens is 250 g/mol. The van der Waals surface area contributed by atoms with Gasteiger partial charge in [0.2, 0.25) is 5.91 Å². The highest BCUT2D eigenvalue weighted by Gasteiger charge is 2.22. The minimum Gasteiger partial charge on any atom is -0.396 e. The van der Waals surface area contributed by atoms with Crippen LogP contribution in [-0.4, -0.2) is 35.6 Å². The summed E-state index contributed by atoms with van der Waals surface area (Å²) < 4.78 is 0. The monoisotopic (exact) mass is 273 g/mol. The van der Waals surface area contributed by atoms with Gasteiger partial charge in [0.1, 0.15) is 0 Å². The van der Waals surface area contributed by atoms with Crippen molar-refractivity contribution in [2.75, 3.05) is 19.7 Å². The van der Waals surface area contributed by atoms with E-state index < -0.39 is 0 Å². The number of carbonyl (C=O) groups excluding carboxylic acids is 1. The van der Waals surface area contributed by atoms with Gasteiger partial charge in [-0.05, 0) is 44.2 Å². The first kappa shape index (κ1) is 14.8. The molecular formula is C17H23NO2. The van der Waals surface area contributed by atoms with E-state index >= 15 is 0 Å². The summed E-state index contributed by atoms with van der Waals surface area (Å²) in [4.78, 5) is 14.3. The van der Waals surface area contributed by atoms with Crippen molar-refractivity contribution in [2.45, 2.75) is 26.7 Å². The van der Waals surface area contributed by atoms with E-state index in [9.17, 15) is 4.79 Å². The van der Waals surface area contributed by atoms with Crippen LogP contribution in [0.15, 0.2) is 29.8 Å². The first-order valence-electron chi connectivity index (χ1n) is 7.25. The van der Waals surface area contributed by atoms with E-state index in [2.05, 4.69) is 19.1 Å². The van der Waals surface area contributed by atoms with Crippen LogP contribution in [0, 0.1) is 12.8 Å². The number of aryl methyl sites for hydroxylation is 1. The van der Waals surface area contributed by atoms with E-state index in [1.165, 1.54) is 5.56 Å². The normalized spacial score (nSPS) is 17.4. The third-order valence-electron chi connectivity index (χ3n) is 3.96. The lowest BCUT2D eigenvalue weighted by Gasteiger charge is -2.31. The molecule has 2 rings (SSSR count). The Kier molecular flexibility index (Phi) is 4.96. The Morgan fingerprint density at radius 3 is 2.45 bits per heavy atom. The van der Waals surface area contributed by atoms with E-state index in [1.54, 1.807) is 0 Å². The van der Waals surface area contributed by atoms with Crippen molar-refractivity contribution in [3.8, 4) is 0 Å². The summed E-state index contributed by atoms with van der Waals surface area (Å²) >= 11 is 0. The van der Waals surface area contributed by atoms with Gasteiger partial charge in [-0.15, -0.1) is 0 Å². The first-order chi connectivity index (χ1) is 9.60. The molecule has 1 heterocycles. The van der Waals surface area contributed by atoms with Gasteiger partial charge in [-0.2, -0.15) is 0 Å². The van der Waals surface area contributed by atoms with Crippen LogP contribution in [0.5, 0.6) is 0 Å². The molecule has 1 aromatic carbocycles. The number of hydrogen-bond acceptors (Lipinski definition) is 2. The summed E-state index contributed by atoms with van der Waals surface area (Å²) in [6.07, 6.45) is 3.75. The molecule has 0 aromatic heterocycles. The molecule has 0 radical (unpaired) electrons. The summed E-state index contributed by atoms with van der Waals surface area (Å²) in [6, 6.07) is 8.17. The van der Waals surface area contributed by atoms with Gasteiger partial charge in [-0.3, -0.25) is 4.79 Å². The molecule has 108 valence electrons. The van der Waals surface area contributed by atoms with Crippen LogP contribution in [-0.2, 0) is 4.79 Å². The topological polar surface area (TPSA) is 40.5 Å². The van der Waals surface area contributed by atoms with Crippen LogP contribution in [0.25, 0.3) is 6.08 Å². The van der Waals surface area contributed by atoms with Crippen molar-refractivity contribution in [3.63, 3.8) is 0 Å². The van der Waals surface area contributed by atoms with Crippen molar-refractivity contribution in [1.29, 1.82) is 0 Å². The summed E-state index contributed by atoms with van der Waals surface area (Å²) in [5.41, 5.74) is 3.06. The van der Waals surface area contributed by atoms with E-state index in [4.69, 9.17) is 5.11 Å². The van der Waals surface area contributed by atoms with E-state index in [-0.39, 0.29) is 12.5 Å². The maximum atomic E-state index is 12.4. The number of benzene rings is 1. The van der Waals surface area contributed by atoms with Gasteiger partial charge in [-0.25, -0.2) is 0 Å². The largest absolute Gasteiger partial charge is 0.396 e. The van der Waals surface area contributed by atoms with Gasteiger partial charge in [0.05, 0.1) is 0 Å². The fraction of sp³-hybridized carbons (Fsp3) is 0.471. The molecule has 0 atom stereocenters. The minimum atomic E-state index is 0.113. The Labute approximate surface area is 120 Å². The minimum absolute atomic E-state index is 0.113. The number of nitrogens with zero attached hydrogens (tertiary/aromatic N) is 1. The zero-order valence-corrected chi connectivity index (χ0v) is 12.3. The van der Waals surface area contributed by atoms with Crippen LogP contribution in [0.1, 0.15) is 30.9 Å². The van der Waals surface area contributed by atoms with Crippen molar-refractivity contribution in [3.05, 3.63) is 41.0 Å². The molecule has 1 aromatic rings. The van der Waals surface area contributed by atoms with Gasteiger partial charge < -0.3 is 10.0 Å². The van der Waals surface area contributed by atoms with Crippen molar-refractivity contribution in [2.24, 2.45) is 5.92 Å². The number of likely N-dealkylation sites (tertiary alicyclic amines) is 1. The number of hydrogen-bond donors (Lipinski definition) is 1. The van der Waals surface area contributed by atoms with Gasteiger partial charge in [0.15, 0.2) is 0 Å². The van der Waals surface area contributed by atoms with Crippen molar-refractivity contribution < 1.29 is 9.90 Å². The zero-order chi connectivity index (χ0) is 14.5. The highest BCUT2D eigenvalue weighted by Crippen LogP contribution is 2.19. The van der Waals surface area contributed by atoms with Crippen LogP contribution in [0.2, 0.25) is 0 Å². The average molecular weight is 273 g/mol. The summed E-state index contributed by atoms with van der Waals surface area (Å²) in [5, 5.41) is 9.13. The van der Waals surface area contributed by atoms with Gasteiger partial charge in [0.25, 0.3) is 0 Å². The summed E-state index contributed by atoms with van der Waals surface area (Å²) in [7, 11) is 0. The summed E-state index contributed by atoms with van der Waals surface area (Å²) in [6.45, 7) is 5.67. The molecule has 1 amide bonds. The molecule has 0 spiro atoms. The lowest BCUT2D eigenvalue weighted by molar-refractivity contribution is -0.128. The molecule has 1 aliphatic rings. The van der Waals surface area contributed by atoms with E-state index in [0.717, 1.165) is 37.1 Å². The van der Waals surface area contributed by atoms with E-state index in [0.29, 0.717) is 5.92 Å². The Balaban J connectivity index is 2.00. The molecule has 1 saturated heterocycles. The van der Waals surface area contributed by atoms with Crippen LogP contribution >= 0.6 is 0 Å². The zero-order valence-electron chi connectivity index (χ0n) is 12.3. The number of rotatable bonds is 3. The first-order valence-corrected chi connectivity index (χ1v) is 7.25. The van der Waals surface area contributed by atoms with Crippen LogP contribution in [0.3, 0.4) is 0 Å². The highest BCUT2D eigenvalue weighted by atomic mass is 16.3. The molecule has 20 heavy (non-hydrogen) atoms. The fourth-order valence-corrected chi connectivity index (χ4v) is 2.54. The second-order valence-electron chi connectivity index (χ2n) is 5.66. The second kappa shape index (κ2) is 6.71. The molecule has 3 nitrogen and oxygen atoms in total. The summed E-state index contributed by atoms with van der Waals surface area (Å²) in [5.74, 6) is 0.474. The maximum absolute atomic E-state index is 12.4. The standard InChI is InChI=1S/C17H23NO2/c1-13-3-5-15(6-4-13)11-14(2)17(20)18-9-7-16(12-19)8-10-18/h3-6,11,16,19H,7-10,12H2,1-2H3/b14-11-. The molecule has 0 saturated carbocycles. The number of piperidine rings is 1. The van der Waals surface area contributed by atoms with Gasteiger partial charge in [0, 0.05) is 25.3 Å². The smallest absolute Gasteiger partial charge is 0.249 e. The van der Waals surface area contributed by atoms with Gasteiger partial charge >= 0.3 is 0 Å². The Hall–Kier alpha value is -1.61.